The van der Waals surface area contributed by atoms with E-state index < -0.39 is 5.60 Å². The van der Waals surface area contributed by atoms with Crippen LogP contribution in [0.1, 0.15) is 45.7 Å². The van der Waals surface area contributed by atoms with Crippen molar-refractivity contribution in [2.24, 2.45) is 0 Å². The lowest BCUT2D eigenvalue weighted by Crippen LogP contribution is -2.36. The number of esters is 1. The van der Waals surface area contributed by atoms with Gasteiger partial charge in [0.25, 0.3) is 0 Å². The van der Waals surface area contributed by atoms with Crippen molar-refractivity contribution in [3.63, 3.8) is 0 Å². The average molecular weight is 279 g/mol. The Balaban J connectivity index is 2.52. The Morgan fingerprint density at radius 3 is 2.40 bits per heavy atom. The molecule has 0 heterocycles. The first kappa shape index (κ1) is 16.7. The number of aliphatic hydroxyl groups is 1. The van der Waals surface area contributed by atoms with Crippen molar-refractivity contribution in [3.05, 3.63) is 35.9 Å². The van der Waals surface area contributed by atoms with Crippen LogP contribution in [-0.2, 0) is 9.53 Å². The van der Waals surface area contributed by atoms with Gasteiger partial charge in [0, 0.05) is 6.04 Å². The molecule has 1 rings (SSSR count). The van der Waals surface area contributed by atoms with E-state index in [2.05, 4.69) is 5.32 Å². The second kappa shape index (κ2) is 7.41. The van der Waals surface area contributed by atoms with E-state index in [9.17, 15) is 9.90 Å². The maximum absolute atomic E-state index is 11.8. The van der Waals surface area contributed by atoms with Gasteiger partial charge in [-0.1, -0.05) is 30.3 Å². The first-order valence-electron chi connectivity index (χ1n) is 6.95. The topological polar surface area (TPSA) is 58.6 Å². The number of aliphatic hydroxyl groups excluding tert-OH is 1. The second-order valence-electron chi connectivity index (χ2n) is 6.00. The highest BCUT2D eigenvalue weighted by Gasteiger charge is 2.20. The molecule has 0 aliphatic heterocycles. The fraction of sp³-hybridized carbons (Fsp3) is 0.562. The molecule has 4 heteroatoms. The van der Waals surface area contributed by atoms with E-state index in [-0.39, 0.29) is 31.1 Å². The minimum absolute atomic E-state index is 0.0112. The van der Waals surface area contributed by atoms with E-state index in [1.807, 2.05) is 58.0 Å². The smallest absolute Gasteiger partial charge is 0.307 e. The van der Waals surface area contributed by atoms with Crippen molar-refractivity contribution in [2.45, 2.75) is 51.8 Å². The van der Waals surface area contributed by atoms with Gasteiger partial charge in [-0.3, -0.25) is 4.79 Å². The molecule has 4 nitrogen and oxygen atoms in total. The van der Waals surface area contributed by atoms with Crippen LogP contribution in [0.5, 0.6) is 0 Å². The molecule has 0 aliphatic rings. The molecule has 0 amide bonds. The van der Waals surface area contributed by atoms with E-state index in [4.69, 9.17) is 4.74 Å². The second-order valence-corrected chi connectivity index (χ2v) is 6.00. The largest absolute Gasteiger partial charge is 0.460 e. The third-order valence-corrected chi connectivity index (χ3v) is 2.76. The zero-order valence-electron chi connectivity index (χ0n) is 12.7. The van der Waals surface area contributed by atoms with Crippen LogP contribution in [0.25, 0.3) is 0 Å². The van der Waals surface area contributed by atoms with Gasteiger partial charge in [-0.05, 0) is 33.3 Å². The molecule has 1 aromatic carbocycles. The predicted molar refractivity (Wildman–Crippen MR) is 79.3 cm³/mol. The molecule has 0 spiro atoms. The third-order valence-electron chi connectivity index (χ3n) is 2.76. The van der Waals surface area contributed by atoms with Gasteiger partial charge in [-0.25, -0.2) is 0 Å². The van der Waals surface area contributed by atoms with Crippen LogP contribution < -0.4 is 5.32 Å². The molecular weight excluding hydrogens is 254 g/mol. The Hall–Kier alpha value is -1.39. The molecule has 0 radical (unpaired) electrons. The monoisotopic (exact) mass is 279 g/mol. The zero-order valence-corrected chi connectivity index (χ0v) is 12.7. The molecule has 0 unspecified atom stereocenters. The maximum atomic E-state index is 11.8. The molecule has 0 saturated heterocycles. The van der Waals surface area contributed by atoms with Crippen LogP contribution in [0.3, 0.4) is 0 Å². The zero-order chi connectivity index (χ0) is 15.2. The van der Waals surface area contributed by atoms with Gasteiger partial charge in [-0.2, -0.15) is 0 Å². The number of ether oxygens (including phenoxy) is 1. The molecule has 0 aliphatic carbocycles. The van der Waals surface area contributed by atoms with Crippen molar-refractivity contribution in [1.29, 1.82) is 0 Å². The van der Waals surface area contributed by atoms with Crippen LogP contribution in [0.15, 0.2) is 30.3 Å². The molecule has 1 aromatic rings. The standard InChI is InChI=1S/C16H25NO3/c1-12(10-15(19)20-16(2,3)4)17-14(11-18)13-8-6-5-7-9-13/h5-9,12,14,17-18H,10-11H2,1-4H3/t12-,14-/m1/s1. The minimum atomic E-state index is -0.466. The number of rotatable bonds is 6. The summed E-state index contributed by atoms with van der Waals surface area (Å²) in [5, 5.41) is 12.7. The molecule has 0 fully saturated rings. The Kier molecular flexibility index (Phi) is 6.17. The van der Waals surface area contributed by atoms with Gasteiger partial charge in [0.05, 0.1) is 19.1 Å². The van der Waals surface area contributed by atoms with Crippen molar-refractivity contribution in [3.8, 4) is 0 Å². The lowest BCUT2D eigenvalue weighted by atomic mass is 10.1. The van der Waals surface area contributed by atoms with Gasteiger partial charge in [0.15, 0.2) is 0 Å². The quantitative estimate of drug-likeness (QED) is 0.785. The summed E-state index contributed by atoms with van der Waals surface area (Å²) >= 11 is 0. The van der Waals surface area contributed by atoms with Crippen molar-refractivity contribution >= 4 is 5.97 Å². The van der Waals surface area contributed by atoms with Gasteiger partial charge in [-0.15, -0.1) is 0 Å². The highest BCUT2D eigenvalue weighted by Crippen LogP contribution is 2.14. The summed E-state index contributed by atoms with van der Waals surface area (Å²) in [5.74, 6) is -0.234. The summed E-state index contributed by atoms with van der Waals surface area (Å²) < 4.78 is 5.29. The highest BCUT2D eigenvalue weighted by molar-refractivity contribution is 5.70. The Labute approximate surface area is 121 Å². The van der Waals surface area contributed by atoms with Crippen molar-refractivity contribution in [2.75, 3.05) is 6.61 Å². The normalized spacial score (nSPS) is 14.7. The summed E-state index contributed by atoms with van der Waals surface area (Å²) in [6.45, 7) is 7.45. The first-order valence-corrected chi connectivity index (χ1v) is 6.95. The van der Waals surface area contributed by atoms with E-state index in [1.54, 1.807) is 0 Å². The number of benzene rings is 1. The lowest BCUT2D eigenvalue weighted by molar-refractivity contribution is -0.155. The van der Waals surface area contributed by atoms with Crippen molar-refractivity contribution in [1.82, 2.24) is 5.32 Å². The predicted octanol–water partition coefficient (Wildman–Crippen LogP) is 2.43. The summed E-state index contributed by atoms with van der Waals surface area (Å²) in [4.78, 5) is 11.8. The molecule has 112 valence electrons. The molecule has 20 heavy (non-hydrogen) atoms. The van der Waals surface area contributed by atoms with E-state index in [1.165, 1.54) is 0 Å². The van der Waals surface area contributed by atoms with Crippen LogP contribution >= 0.6 is 0 Å². The third kappa shape index (κ3) is 6.17. The SMILES string of the molecule is C[C@H](CC(=O)OC(C)(C)C)N[C@H](CO)c1ccccc1. The van der Waals surface area contributed by atoms with Crippen LogP contribution in [0.4, 0.5) is 0 Å². The summed E-state index contributed by atoms with van der Waals surface area (Å²) in [5.41, 5.74) is 0.540. The van der Waals surface area contributed by atoms with Gasteiger partial charge < -0.3 is 15.2 Å². The lowest BCUT2D eigenvalue weighted by Gasteiger charge is -2.24. The van der Waals surface area contributed by atoms with Gasteiger partial charge >= 0.3 is 5.97 Å². The van der Waals surface area contributed by atoms with Gasteiger partial charge in [0.1, 0.15) is 5.60 Å². The fourth-order valence-electron chi connectivity index (χ4n) is 1.98. The number of hydrogen-bond acceptors (Lipinski definition) is 4. The van der Waals surface area contributed by atoms with E-state index in [0.29, 0.717) is 0 Å². The molecular formula is C16H25NO3. The molecule has 0 bridgehead atoms. The summed E-state index contributed by atoms with van der Waals surface area (Å²) in [7, 11) is 0. The number of nitrogens with one attached hydrogen (secondary N) is 1. The first-order chi connectivity index (χ1) is 9.31. The van der Waals surface area contributed by atoms with E-state index in [0.717, 1.165) is 5.56 Å². The van der Waals surface area contributed by atoms with Crippen LogP contribution in [-0.4, -0.2) is 29.3 Å². The Morgan fingerprint density at radius 2 is 1.90 bits per heavy atom. The van der Waals surface area contributed by atoms with Crippen LogP contribution in [0, 0.1) is 0 Å². The Morgan fingerprint density at radius 1 is 1.30 bits per heavy atom. The number of carbonyl (C=O) groups is 1. The molecule has 2 N–H and O–H groups in total. The van der Waals surface area contributed by atoms with E-state index >= 15 is 0 Å². The Bertz CT molecular complexity index is 411. The average Bonchev–Trinajstić information content (AvgIpc) is 2.34. The molecule has 2 atom stereocenters. The maximum Gasteiger partial charge on any atom is 0.307 e. The summed E-state index contributed by atoms with van der Waals surface area (Å²) in [6.07, 6.45) is 0.278. The highest BCUT2D eigenvalue weighted by atomic mass is 16.6. The molecule has 0 saturated carbocycles. The number of hydrogen-bond donors (Lipinski definition) is 2. The molecule has 0 aromatic heterocycles. The summed E-state index contributed by atoms with van der Waals surface area (Å²) in [6, 6.07) is 9.46. The minimum Gasteiger partial charge on any atom is -0.460 e. The fourth-order valence-corrected chi connectivity index (χ4v) is 1.98. The van der Waals surface area contributed by atoms with Gasteiger partial charge in [0.2, 0.25) is 0 Å². The number of carbonyl (C=O) groups excluding carboxylic acids is 1. The van der Waals surface area contributed by atoms with Crippen molar-refractivity contribution < 1.29 is 14.6 Å². The van der Waals surface area contributed by atoms with Crippen LogP contribution in [0.2, 0.25) is 0 Å².